The first-order chi connectivity index (χ1) is 9.31. The van der Waals surface area contributed by atoms with E-state index in [1.165, 1.54) is 24.0 Å². The maximum absolute atomic E-state index is 5.43. The molecule has 0 aliphatic heterocycles. The molecule has 1 aromatic rings. The Morgan fingerprint density at radius 1 is 1.37 bits per heavy atom. The predicted molar refractivity (Wildman–Crippen MR) is 80.7 cm³/mol. The molecule has 0 unspecified atom stereocenters. The van der Waals surface area contributed by atoms with Gasteiger partial charge in [-0.05, 0) is 36.9 Å². The van der Waals surface area contributed by atoms with E-state index in [0.717, 1.165) is 38.6 Å². The van der Waals surface area contributed by atoms with E-state index >= 15 is 0 Å². The van der Waals surface area contributed by atoms with E-state index in [2.05, 4.69) is 47.3 Å². The van der Waals surface area contributed by atoms with Crippen molar-refractivity contribution in [3.8, 4) is 12.3 Å². The molecule has 0 bridgehead atoms. The summed E-state index contributed by atoms with van der Waals surface area (Å²) in [5, 5.41) is 3.56. The van der Waals surface area contributed by atoms with E-state index in [0.29, 0.717) is 0 Å². The molecule has 1 N–H and O–H groups in total. The van der Waals surface area contributed by atoms with Gasteiger partial charge in [0.1, 0.15) is 0 Å². The largest absolute Gasteiger partial charge is 0.310 e. The summed E-state index contributed by atoms with van der Waals surface area (Å²) in [6.07, 6.45) is 9.25. The van der Waals surface area contributed by atoms with Crippen molar-refractivity contribution in [2.24, 2.45) is 0 Å². The molecule has 0 heterocycles. The summed E-state index contributed by atoms with van der Waals surface area (Å²) in [5.74, 6) is 2.75. The molecule has 0 amide bonds. The highest BCUT2D eigenvalue weighted by Gasteiger charge is 2.19. The van der Waals surface area contributed by atoms with Crippen molar-refractivity contribution in [2.75, 3.05) is 13.1 Å². The standard InChI is InChI=1S/C17H24N2/c1-3-10-19(11-4-2)14-16-7-5-6-15(12-16)13-18-17-8-9-17/h1,5-7,12,17-18H,4,8-11,13-14H2,2H3. The molecule has 2 rings (SSSR count). The van der Waals surface area contributed by atoms with E-state index in [4.69, 9.17) is 6.42 Å². The van der Waals surface area contributed by atoms with Crippen LogP contribution in [0, 0.1) is 12.3 Å². The average Bonchev–Trinajstić information content (AvgIpc) is 3.21. The van der Waals surface area contributed by atoms with Gasteiger partial charge in [0, 0.05) is 19.1 Å². The van der Waals surface area contributed by atoms with Crippen molar-refractivity contribution in [3.05, 3.63) is 35.4 Å². The van der Waals surface area contributed by atoms with Crippen molar-refractivity contribution in [1.82, 2.24) is 10.2 Å². The third-order valence-electron chi connectivity index (χ3n) is 3.42. The maximum Gasteiger partial charge on any atom is 0.0601 e. The molecular formula is C17H24N2. The second-order valence-electron chi connectivity index (χ2n) is 5.39. The highest BCUT2D eigenvalue weighted by Crippen LogP contribution is 2.19. The number of hydrogen-bond acceptors (Lipinski definition) is 2. The zero-order valence-corrected chi connectivity index (χ0v) is 11.9. The molecule has 1 aliphatic carbocycles. The van der Waals surface area contributed by atoms with E-state index < -0.39 is 0 Å². The SMILES string of the molecule is C#CCN(CCC)Cc1cccc(CNC2CC2)c1. The molecule has 0 radical (unpaired) electrons. The van der Waals surface area contributed by atoms with Gasteiger partial charge in [-0.2, -0.15) is 0 Å². The van der Waals surface area contributed by atoms with Crippen LogP contribution in [-0.2, 0) is 13.1 Å². The summed E-state index contributed by atoms with van der Waals surface area (Å²) >= 11 is 0. The lowest BCUT2D eigenvalue weighted by atomic mass is 10.1. The first kappa shape index (κ1) is 14.1. The fraction of sp³-hybridized carbons (Fsp3) is 0.529. The molecule has 0 spiro atoms. The summed E-state index contributed by atoms with van der Waals surface area (Å²) in [7, 11) is 0. The van der Waals surface area contributed by atoms with Gasteiger partial charge < -0.3 is 5.32 Å². The number of benzene rings is 1. The third kappa shape index (κ3) is 5.06. The van der Waals surface area contributed by atoms with Crippen LogP contribution >= 0.6 is 0 Å². The Morgan fingerprint density at radius 3 is 2.84 bits per heavy atom. The number of hydrogen-bond donors (Lipinski definition) is 1. The van der Waals surface area contributed by atoms with Gasteiger partial charge in [-0.15, -0.1) is 6.42 Å². The molecule has 1 aliphatic rings. The van der Waals surface area contributed by atoms with Crippen molar-refractivity contribution < 1.29 is 0 Å². The Morgan fingerprint density at radius 2 is 2.16 bits per heavy atom. The summed E-state index contributed by atoms with van der Waals surface area (Å²) in [4.78, 5) is 2.33. The number of rotatable bonds is 8. The minimum atomic E-state index is 0.735. The van der Waals surface area contributed by atoms with Gasteiger partial charge in [-0.25, -0.2) is 0 Å². The minimum absolute atomic E-state index is 0.735. The second kappa shape index (κ2) is 7.33. The highest BCUT2D eigenvalue weighted by atomic mass is 15.1. The molecule has 102 valence electrons. The van der Waals surface area contributed by atoms with Gasteiger partial charge in [0.05, 0.1) is 6.54 Å². The van der Waals surface area contributed by atoms with E-state index in [9.17, 15) is 0 Å². The van der Waals surface area contributed by atoms with Gasteiger partial charge in [0.2, 0.25) is 0 Å². The van der Waals surface area contributed by atoms with Crippen LogP contribution in [-0.4, -0.2) is 24.0 Å². The lowest BCUT2D eigenvalue weighted by Crippen LogP contribution is -2.24. The van der Waals surface area contributed by atoms with Crippen LogP contribution in [0.5, 0.6) is 0 Å². The Labute approximate surface area is 117 Å². The predicted octanol–water partition coefficient (Wildman–Crippen LogP) is 2.78. The topological polar surface area (TPSA) is 15.3 Å². The Kier molecular flexibility index (Phi) is 5.44. The maximum atomic E-state index is 5.43. The molecule has 19 heavy (non-hydrogen) atoms. The normalized spacial score (nSPS) is 14.6. The van der Waals surface area contributed by atoms with Crippen LogP contribution in [0.15, 0.2) is 24.3 Å². The second-order valence-corrected chi connectivity index (χ2v) is 5.39. The van der Waals surface area contributed by atoms with Crippen LogP contribution in [0.25, 0.3) is 0 Å². The Hall–Kier alpha value is -1.30. The van der Waals surface area contributed by atoms with Gasteiger partial charge in [0.25, 0.3) is 0 Å². The van der Waals surface area contributed by atoms with Gasteiger partial charge in [-0.3, -0.25) is 4.90 Å². The average molecular weight is 256 g/mol. The monoisotopic (exact) mass is 256 g/mol. The smallest absolute Gasteiger partial charge is 0.0601 e. The van der Waals surface area contributed by atoms with E-state index in [-0.39, 0.29) is 0 Å². The number of terminal acetylenes is 1. The molecule has 2 nitrogen and oxygen atoms in total. The zero-order valence-electron chi connectivity index (χ0n) is 11.9. The summed E-state index contributed by atoms with van der Waals surface area (Å²) in [6.45, 7) is 5.93. The van der Waals surface area contributed by atoms with Crippen LogP contribution in [0.3, 0.4) is 0 Å². The molecule has 0 aromatic heterocycles. The molecular weight excluding hydrogens is 232 g/mol. The van der Waals surface area contributed by atoms with Crippen LogP contribution in [0.2, 0.25) is 0 Å². The summed E-state index contributed by atoms with van der Waals surface area (Å²) in [5.41, 5.74) is 2.74. The lowest BCUT2D eigenvalue weighted by Gasteiger charge is -2.19. The van der Waals surface area contributed by atoms with Crippen LogP contribution < -0.4 is 5.32 Å². The van der Waals surface area contributed by atoms with Crippen LogP contribution in [0.1, 0.15) is 37.3 Å². The summed E-state index contributed by atoms with van der Waals surface area (Å²) < 4.78 is 0. The number of nitrogens with one attached hydrogen (secondary N) is 1. The van der Waals surface area contributed by atoms with Crippen molar-refractivity contribution in [1.29, 1.82) is 0 Å². The highest BCUT2D eigenvalue weighted by molar-refractivity contribution is 5.23. The Balaban J connectivity index is 1.90. The van der Waals surface area contributed by atoms with Crippen molar-refractivity contribution >= 4 is 0 Å². The van der Waals surface area contributed by atoms with Crippen LogP contribution in [0.4, 0.5) is 0 Å². The molecule has 1 aromatic carbocycles. The number of nitrogens with zero attached hydrogens (tertiary/aromatic N) is 1. The molecule has 0 atom stereocenters. The first-order valence-corrected chi connectivity index (χ1v) is 7.29. The van der Waals surface area contributed by atoms with E-state index in [1.807, 2.05) is 0 Å². The quantitative estimate of drug-likeness (QED) is 0.720. The summed E-state index contributed by atoms with van der Waals surface area (Å²) in [6, 6.07) is 9.61. The fourth-order valence-corrected chi connectivity index (χ4v) is 2.31. The van der Waals surface area contributed by atoms with Crippen molar-refractivity contribution in [3.63, 3.8) is 0 Å². The van der Waals surface area contributed by atoms with Gasteiger partial charge in [-0.1, -0.05) is 37.1 Å². The van der Waals surface area contributed by atoms with Gasteiger partial charge >= 0.3 is 0 Å². The first-order valence-electron chi connectivity index (χ1n) is 7.29. The van der Waals surface area contributed by atoms with E-state index in [1.54, 1.807) is 0 Å². The molecule has 2 heteroatoms. The minimum Gasteiger partial charge on any atom is -0.310 e. The van der Waals surface area contributed by atoms with Gasteiger partial charge in [0.15, 0.2) is 0 Å². The molecule has 1 saturated carbocycles. The van der Waals surface area contributed by atoms with Crippen molar-refractivity contribution in [2.45, 2.75) is 45.3 Å². The Bertz CT molecular complexity index is 429. The third-order valence-corrected chi connectivity index (χ3v) is 3.42. The zero-order chi connectivity index (χ0) is 13.5. The lowest BCUT2D eigenvalue weighted by molar-refractivity contribution is 0.299. The molecule has 0 saturated heterocycles. The fourth-order valence-electron chi connectivity index (χ4n) is 2.31. The molecule has 1 fully saturated rings.